The molecule has 0 heterocycles. The van der Waals surface area contributed by atoms with Gasteiger partial charge in [0.25, 0.3) is 0 Å². The van der Waals surface area contributed by atoms with E-state index in [-0.39, 0.29) is 18.0 Å². The van der Waals surface area contributed by atoms with Crippen LogP contribution in [0.5, 0.6) is 0 Å². The Bertz CT molecular complexity index is 172. The first-order valence-electron chi connectivity index (χ1n) is 4.64. The van der Waals surface area contributed by atoms with Crippen LogP contribution in [0.4, 0.5) is 13.2 Å². The van der Waals surface area contributed by atoms with Crippen LogP contribution in [0.1, 0.15) is 33.1 Å². The first kappa shape index (κ1) is 10.8. The molecule has 0 saturated heterocycles. The van der Waals surface area contributed by atoms with Gasteiger partial charge in [0.15, 0.2) is 0 Å². The van der Waals surface area contributed by atoms with Crippen LogP contribution in [0.2, 0.25) is 0 Å². The zero-order chi connectivity index (χ0) is 10.1. The zero-order valence-corrected chi connectivity index (χ0v) is 8.04. The van der Waals surface area contributed by atoms with Gasteiger partial charge in [-0.25, -0.2) is 0 Å². The Hall–Kier alpha value is -0.250. The summed E-state index contributed by atoms with van der Waals surface area (Å²) in [5.74, 6) is 0. The molecule has 0 spiro atoms. The van der Waals surface area contributed by atoms with Gasteiger partial charge in [-0.05, 0) is 25.2 Å². The molecule has 0 aromatic rings. The van der Waals surface area contributed by atoms with Gasteiger partial charge in [-0.3, -0.25) is 0 Å². The smallest absolute Gasteiger partial charge is 0.313 e. The predicted molar refractivity (Wildman–Crippen MR) is 45.5 cm³/mol. The third-order valence-corrected chi connectivity index (χ3v) is 2.94. The summed E-state index contributed by atoms with van der Waals surface area (Å²) in [6, 6.07) is 0.204. The van der Waals surface area contributed by atoms with E-state index in [1.165, 1.54) is 0 Å². The second-order valence-electron chi connectivity index (χ2n) is 4.20. The minimum absolute atomic E-state index is 0.0419. The van der Waals surface area contributed by atoms with E-state index in [0.29, 0.717) is 0 Å². The molecule has 1 N–H and O–H groups in total. The van der Waals surface area contributed by atoms with E-state index >= 15 is 0 Å². The van der Waals surface area contributed by atoms with Crippen LogP contribution in [0.25, 0.3) is 0 Å². The molecule has 4 heteroatoms. The second-order valence-corrected chi connectivity index (χ2v) is 4.20. The van der Waals surface area contributed by atoms with Crippen LogP contribution >= 0.6 is 0 Å². The molecule has 0 aliphatic heterocycles. The molecule has 78 valence electrons. The van der Waals surface area contributed by atoms with Crippen molar-refractivity contribution < 1.29 is 13.2 Å². The Morgan fingerprint density at radius 3 is 2.31 bits per heavy atom. The van der Waals surface area contributed by atoms with Gasteiger partial charge in [0.2, 0.25) is 0 Å². The van der Waals surface area contributed by atoms with Crippen molar-refractivity contribution in [2.75, 3.05) is 6.54 Å². The number of rotatable bonds is 4. The molecule has 1 fully saturated rings. The lowest BCUT2D eigenvalue weighted by Gasteiger charge is -2.20. The molecule has 1 saturated carbocycles. The lowest BCUT2D eigenvalue weighted by Crippen LogP contribution is -2.35. The van der Waals surface area contributed by atoms with Gasteiger partial charge in [-0.1, -0.05) is 6.92 Å². The van der Waals surface area contributed by atoms with Crippen LogP contribution in [-0.2, 0) is 0 Å². The Balaban J connectivity index is 2.12. The van der Waals surface area contributed by atoms with Gasteiger partial charge >= 0.3 is 6.18 Å². The van der Waals surface area contributed by atoms with Gasteiger partial charge in [0.05, 0.1) is 6.42 Å². The lowest BCUT2D eigenvalue weighted by atomic mass is 10.0. The SMILES string of the molecule is CC(NCCC(F)(F)F)C1(C)CC1. The van der Waals surface area contributed by atoms with Crippen molar-refractivity contribution in [3.8, 4) is 0 Å². The van der Waals surface area contributed by atoms with Crippen molar-refractivity contribution >= 4 is 0 Å². The van der Waals surface area contributed by atoms with Gasteiger partial charge in [0.1, 0.15) is 0 Å². The summed E-state index contributed by atoms with van der Waals surface area (Å²) >= 11 is 0. The summed E-state index contributed by atoms with van der Waals surface area (Å²) in [6.07, 6.45) is -2.50. The highest BCUT2D eigenvalue weighted by molar-refractivity contribution is 4.96. The maximum Gasteiger partial charge on any atom is 0.390 e. The number of hydrogen-bond acceptors (Lipinski definition) is 1. The highest BCUT2D eigenvalue weighted by Crippen LogP contribution is 2.47. The molecule has 1 unspecified atom stereocenters. The molecule has 0 aromatic carbocycles. The normalized spacial score (nSPS) is 22.8. The quantitative estimate of drug-likeness (QED) is 0.727. The fourth-order valence-corrected chi connectivity index (χ4v) is 1.31. The minimum Gasteiger partial charge on any atom is -0.313 e. The van der Waals surface area contributed by atoms with Gasteiger partial charge < -0.3 is 5.32 Å². The third-order valence-electron chi connectivity index (χ3n) is 2.94. The van der Waals surface area contributed by atoms with Gasteiger partial charge in [-0.2, -0.15) is 13.2 Å². The van der Waals surface area contributed by atoms with Crippen LogP contribution in [0.15, 0.2) is 0 Å². The topological polar surface area (TPSA) is 12.0 Å². The molecule has 0 radical (unpaired) electrons. The maximum atomic E-state index is 11.8. The maximum absolute atomic E-state index is 11.8. The predicted octanol–water partition coefficient (Wildman–Crippen LogP) is 2.72. The summed E-state index contributed by atoms with van der Waals surface area (Å²) in [4.78, 5) is 0. The summed E-state index contributed by atoms with van der Waals surface area (Å²) in [5.41, 5.74) is 0.256. The van der Waals surface area contributed by atoms with E-state index in [9.17, 15) is 13.2 Å². The number of nitrogens with one attached hydrogen (secondary N) is 1. The molecule has 1 aliphatic rings. The molecule has 0 bridgehead atoms. The summed E-state index contributed by atoms with van der Waals surface area (Å²) in [5, 5.41) is 2.92. The number of hydrogen-bond donors (Lipinski definition) is 1. The molecule has 1 rings (SSSR count). The van der Waals surface area contributed by atoms with E-state index in [4.69, 9.17) is 0 Å². The Morgan fingerprint density at radius 2 is 1.92 bits per heavy atom. The van der Waals surface area contributed by atoms with Crippen molar-refractivity contribution in [2.45, 2.75) is 45.3 Å². The average Bonchev–Trinajstić information content (AvgIpc) is 2.66. The Labute approximate surface area is 76.7 Å². The first-order chi connectivity index (χ1) is 5.83. The molecule has 1 nitrogen and oxygen atoms in total. The summed E-state index contributed by atoms with van der Waals surface area (Å²) in [7, 11) is 0. The molecular weight excluding hydrogens is 179 g/mol. The van der Waals surface area contributed by atoms with Crippen molar-refractivity contribution in [1.29, 1.82) is 0 Å². The molecule has 13 heavy (non-hydrogen) atoms. The van der Waals surface area contributed by atoms with Crippen LogP contribution < -0.4 is 5.32 Å². The van der Waals surface area contributed by atoms with Crippen molar-refractivity contribution in [3.05, 3.63) is 0 Å². The van der Waals surface area contributed by atoms with Crippen LogP contribution in [-0.4, -0.2) is 18.8 Å². The zero-order valence-electron chi connectivity index (χ0n) is 8.04. The standard InChI is InChI=1S/C9H16F3N/c1-7(8(2)3-4-8)13-6-5-9(10,11)12/h7,13H,3-6H2,1-2H3. The Morgan fingerprint density at radius 1 is 1.38 bits per heavy atom. The molecule has 0 amide bonds. The summed E-state index contributed by atoms with van der Waals surface area (Å²) in [6.45, 7) is 4.11. The van der Waals surface area contributed by atoms with E-state index < -0.39 is 12.6 Å². The van der Waals surface area contributed by atoms with Crippen molar-refractivity contribution in [2.24, 2.45) is 5.41 Å². The Kier molecular flexibility index (Phi) is 2.90. The largest absolute Gasteiger partial charge is 0.390 e. The molecular formula is C9H16F3N. The van der Waals surface area contributed by atoms with Gasteiger partial charge in [-0.15, -0.1) is 0 Å². The molecule has 0 aromatic heterocycles. The van der Waals surface area contributed by atoms with E-state index in [0.717, 1.165) is 12.8 Å². The summed E-state index contributed by atoms with van der Waals surface area (Å²) < 4.78 is 35.3. The van der Waals surface area contributed by atoms with Crippen molar-refractivity contribution in [1.82, 2.24) is 5.32 Å². The fraction of sp³-hybridized carbons (Fsp3) is 1.00. The highest BCUT2D eigenvalue weighted by Gasteiger charge is 2.42. The van der Waals surface area contributed by atoms with E-state index in [1.54, 1.807) is 0 Å². The van der Waals surface area contributed by atoms with Crippen LogP contribution in [0.3, 0.4) is 0 Å². The lowest BCUT2D eigenvalue weighted by molar-refractivity contribution is -0.133. The van der Waals surface area contributed by atoms with Crippen LogP contribution in [0, 0.1) is 5.41 Å². The minimum atomic E-state index is -4.03. The number of alkyl halides is 3. The average molecular weight is 195 g/mol. The molecule has 1 aliphatic carbocycles. The second kappa shape index (κ2) is 3.48. The molecule has 1 atom stereocenters. The monoisotopic (exact) mass is 195 g/mol. The van der Waals surface area contributed by atoms with Gasteiger partial charge in [0, 0.05) is 12.6 Å². The highest BCUT2D eigenvalue weighted by atomic mass is 19.4. The van der Waals surface area contributed by atoms with Crippen molar-refractivity contribution in [3.63, 3.8) is 0 Å². The first-order valence-corrected chi connectivity index (χ1v) is 4.64. The fourth-order valence-electron chi connectivity index (χ4n) is 1.31. The number of halogens is 3. The van der Waals surface area contributed by atoms with E-state index in [1.807, 2.05) is 6.92 Å². The third kappa shape index (κ3) is 3.55. The van der Waals surface area contributed by atoms with E-state index in [2.05, 4.69) is 12.2 Å².